The Balaban J connectivity index is 1.73. The van der Waals surface area contributed by atoms with Gasteiger partial charge in [-0.15, -0.1) is 11.3 Å². The lowest BCUT2D eigenvalue weighted by Gasteiger charge is -2.10. The molecule has 0 saturated carbocycles. The molecule has 24 heavy (non-hydrogen) atoms. The SMILES string of the molecule is Nn1c(SCc2ccccc2Cl)nc2sc3c(c2c1=O)CCCC3. The summed E-state index contributed by atoms with van der Waals surface area (Å²) in [5.41, 5.74) is 2.03. The first-order chi connectivity index (χ1) is 11.6. The number of nitrogens with zero attached hydrogens (tertiary/aromatic N) is 2. The maximum atomic E-state index is 12.7. The van der Waals surface area contributed by atoms with Crippen LogP contribution in [-0.4, -0.2) is 9.66 Å². The van der Waals surface area contributed by atoms with E-state index in [0.29, 0.717) is 15.9 Å². The Hall–Kier alpha value is -1.50. The van der Waals surface area contributed by atoms with E-state index in [1.807, 2.05) is 24.3 Å². The number of aryl methyl sites for hydroxylation is 2. The summed E-state index contributed by atoms with van der Waals surface area (Å²) in [5.74, 6) is 6.66. The van der Waals surface area contributed by atoms with Gasteiger partial charge in [0.25, 0.3) is 5.56 Å². The molecule has 2 aromatic heterocycles. The van der Waals surface area contributed by atoms with E-state index in [9.17, 15) is 4.79 Å². The number of hydrogen-bond acceptors (Lipinski definition) is 5. The topological polar surface area (TPSA) is 60.9 Å². The summed E-state index contributed by atoms with van der Waals surface area (Å²) in [6.45, 7) is 0. The Morgan fingerprint density at radius 1 is 1.29 bits per heavy atom. The average molecular weight is 378 g/mol. The molecule has 0 spiro atoms. The molecule has 124 valence electrons. The van der Waals surface area contributed by atoms with Crippen molar-refractivity contribution in [1.29, 1.82) is 0 Å². The highest BCUT2D eigenvalue weighted by molar-refractivity contribution is 7.98. The smallest absolute Gasteiger partial charge is 0.281 e. The molecule has 7 heteroatoms. The Labute approximate surface area is 152 Å². The lowest BCUT2D eigenvalue weighted by atomic mass is 9.97. The molecule has 1 aromatic carbocycles. The molecule has 0 radical (unpaired) electrons. The highest BCUT2D eigenvalue weighted by Gasteiger charge is 2.21. The zero-order chi connectivity index (χ0) is 16.7. The summed E-state index contributed by atoms with van der Waals surface area (Å²) in [6, 6.07) is 7.67. The van der Waals surface area contributed by atoms with Crippen LogP contribution in [0.2, 0.25) is 5.02 Å². The minimum atomic E-state index is -0.138. The van der Waals surface area contributed by atoms with Crippen molar-refractivity contribution in [2.24, 2.45) is 0 Å². The molecule has 0 unspecified atom stereocenters. The zero-order valence-electron chi connectivity index (χ0n) is 12.9. The molecule has 0 aliphatic heterocycles. The molecule has 2 heterocycles. The minimum Gasteiger partial charge on any atom is -0.334 e. The number of aromatic nitrogens is 2. The molecular weight excluding hydrogens is 362 g/mol. The van der Waals surface area contributed by atoms with Crippen LogP contribution >= 0.6 is 34.7 Å². The Morgan fingerprint density at radius 2 is 2.08 bits per heavy atom. The van der Waals surface area contributed by atoms with Gasteiger partial charge in [-0.05, 0) is 42.9 Å². The van der Waals surface area contributed by atoms with Crippen molar-refractivity contribution in [2.45, 2.75) is 36.6 Å². The molecule has 4 nitrogen and oxygen atoms in total. The van der Waals surface area contributed by atoms with Crippen molar-refractivity contribution in [3.05, 3.63) is 55.6 Å². The van der Waals surface area contributed by atoms with Gasteiger partial charge in [-0.25, -0.2) is 9.66 Å². The van der Waals surface area contributed by atoms with E-state index in [-0.39, 0.29) is 5.56 Å². The molecule has 4 rings (SSSR count). The Morgan fingerprint density at radius 3 is 2.92 bits per heavy atom. The predicted octanol–water partition coefficient (Wildman–Crippen LogP) is 4.00. The normalized spacial score (nSPS) is 14.0. The van der Waals surface area contributed by atoms with Crippen molar-refractivity contribution in [3.63, 3.8) is 0 Å². The molecule has 0 bridgehead atoms. The molecule has 3 aromatic rings. The molecule has 0 atom stereocenters. The lowest BCUT2D eigenvalue weighted by molar-refractivity contribution is 0.698. The quantitative estimate of drug-likeness (QED) is 0.426. The summed E-state index contributed by atoms with van der Waals surface area (Å²) in [6.07, 6.45) is 4.32. The average Bonchev–Trinajstić information content (AvgIpc) is 2.96. The van der Waals surface area contributed by atoms with Crippen LogP contribution in [0, 0.1) is 0 Å². The maximum Gasteiger partial charge on any atom is 0.281 e. The largest absolute Gasteiger partial charge is 0.334 e. The van der Waals surface area contributed by atoms with Gasteiger partial charge in [-0.1, -0.05) is 41.6 Å². The van der Waals surface area contributed by atoms with Crippen LogP contribution in [-0.2, 0) is 18.6 Å². The highest BCUT2D eigenvalue weighted by atomic mass is 35.5. The van der Waals surface area contributed by atoms with Crippen LogP contribution < -0.4 is 11.4 Å². The van der Waals surface area contributed by atoms with Crippen LogP contribution in [0.5, 0.6) is 0 Å². The second-order valence-electron chi connectivity index (χ2n) is 5.84. The number of benzene rings is 1. The van der Waals surface area contributed by atoms with Crippen molar-refractivity contribution in [2.75, 3.05) is 5.84 Å². The predicted molar refractivity (Wildman–Crippen MR) is 102 cm³/mol. The third-order valence-electron chi connectivity index (χ3n) is 4.30. The van der Waals surface area contributed by atoms with Gasteiger partial charge in [-0.2, -0.15) is 0 Å². The second-order valence-corrected chi connectivity index (χ2v) is 8.27. The van der Waals surface area contributed by atoms with Gasteiger partial charge in [0, 0.05) is 15.7 Å². The first-order valence-electron chi connectivity index (χ1n) is 7.83. The van der Waals surface area contributed by atoms with E-state index in [1.54, 1.807) is 11.3 Å². The summed E-state index contributed by atoms with van der Waals surface area (Å²) in [5, 5.41) is 1.97. The molecule has 0 saturated heterocycles. The Kier molecular flexibility index (Phi) is 4.28. The fraction of sp³-hybridized carbons (Fsp3) is 0.294. The van der Waals surface area contributed by atoms with Crippen LogP contribution in [0.3, 0.4) is 0 Å². The fourth-order valence-corrected chi connectivity index (χ4v) is 5.56. The number of nitrogen functional groups attached to an aromatic ring is 1. The van der Waals surface area contributed by atoms with Gasteiger partial charge in [0.05, 0.1) is 5.39 Å². The summed E-state index contributed by atoms with van der Waals surface area (Å²) < 4.78 is 1.19. The van der Waals surface area contributed by atoms with Gasteiger partial charge >= 0.3 is 0 Å². The third-order valence-corrected chi connectivity index (χ3v) is 6.86. The molecule has 1 aliphatic carbocycles. The van der Waals surface area contributed by atoms with E-state index in [0.717, 1.165) is 35.0 Å². The van der Waals surface area contributed by atoms with Crippen molar-refractivity contribution in [3.8, 4) is 0 Å². The number of rotatable bonds is 3. The van der Waals surface area contributed by atoms with E-state index >= 15 is 0 Å². The zero-order valence-corrected chi connectivity index (χ0v) is 15.3. The van der Waals surface area contributed by atoms with Gasteiger partial charge in [-0.3, -0.25) is 4.79 Å². The van der Waals surface area contributed by atoms with Crippen LogP contribution in [0.15, 0.2) is 34.2 Å². The van der Waals surface area contributed by atoms with Crippen LogP contribution in [0.4, 0.5) is 0 Å². The van der Waals surface area contributed by atoms with Gasteiger partial charge in [0.1, 0.15) is 4.83 Å². The number of hydrogen-bond donors (Lipinski definition) is 1. The molecular formula is C17H16ClN3OS2. The van der Waals surface area contributed by atoms with Crippen molar-refractivity contribution >= 4 is 44.9 Å². The molecule has 0 fully saturated rings. The fourth-order valence-electron chi connectivity index (χ4n) is 3.06. The van der Waals surface area contributed by atoms with Crippen molar-refractivity contribution in [1.82, 2.24) is 9.66 Å². The number of fused-ring (bicyclic) bond motifs is 3. The van der Waals surface area contributed by atoms with Crippen LogP contribution in [0.25, 0.3) is 10.2 Å². The molecule has 0 amide bonds. The first kappa shape index (κ1) is 16.0. The lowest BCUT2D eigenvalue weighted by Crippen LogP contribution is -2.30. The van der Waals surface area contributed by atoms with E-state index in [4.69, 9.17) is 17.4 Å². The van der Waals surface area contributed by atoms with E-state index < -0.39 is 0 Å². The van der Waals surface area contributed by atoms with Crippen molar-refractivity contribution < 1.29 is 0 Å². The van der Waals surface area contributed by atoms with E-state index in [2.05, 4.69) is 4.98 Å². The Bertz CT molecular complexity index is 980. The van der Waals surface area contributed by atoms with Gasteiger partial charge in [0.15, 0.2) is 5.16 Å². The summed E-state index contributed by atoms with van der Waals surface area (Å²) >= 11 is 9.27. The number of halogens is 1. The minimum absolute atomic E-state index is 0.138. The summed E-state index contributed by atoms with van der Waals surface area (Å²) in [4.78, 5) is 19.5. The third kappa shape index (κ3) is 2.72. The van der Waals surface area contributed by atoms with Gasteiger partial charge in [0.2, 0.25) is 0 Å². The maximum absolute atomic E-state index is 12.7. The number of thiophene rings is 1. The standard InChI is InChI=1S/C17H16ClN3OS2/c18-12-7-3-1-5-10(12)9-23-17-20-15-14(16(22)21(17)19)11-6-2-4-8-13(11)24-15/h1,3,5,7H,2,4,6,8-9,19H2. The summed E-state index contributed by atoms with van der Waals surface area (Å²) in [7, 11) is 0. The molecule has 2 N–H and O–H groups in total. The van der Waals surface area contributed by atoms with Crippen LogP contribution in [0.1, 0.15) is 28.8 Å². The monoisotopic (exact) mass is 377 g/mol. The first-order valence-corrected chi connectivity index (χ1v) is 10.0. The second kappa shape index (κ2) is 6.43. The number of thioether (sulfide) groups is 1. The van der Waals surface area contributed by atoms with Gasteiger partial charge < -0.3 is 5.84 Å². The highest BCUT2D eigenvalue weighted by Crippen LogP contribution is 2.35. The molecule has 1 aliphatic rings. The van der Waals surface area contributed by atoms with E-state index in [1.165, 1.54) is 33.3 Å². The number of nitrogens with two attached hydrogens (primary N) is 1.